The van der Waals surface area contributed by atoms with Gasteiger partial charge in [-0.1, -0.05) is 6.07 Å². The predicted octanol–water partition coefficient (Wildman–Crippen LogP) is 0.195. The van der Waals surface area contributed by atoms with Crippen LogP contribution in [0.1, 0.15) is 28.9 Å². The number of benzene rings is 1. The molecule has 2 aliphatic heterocycles. The van der Waals surface area contributed by atoms with Crippen LogP contribution in [0, 0.1) is 6.08 Å². The third-order valence-electron chi connectivity index (χ3n) is 2.68. The molecular weight excluding hydrogens is 212 g/mol. The first-order chi connectivity index (χ1) is 7.05. The van der Waals surface area contributed by atoms with Gasteiger partial charge >= 0.3 is 25.0 Å². The average molecular weight is 218 g/mol. The molecule has 16 heavy (non-hydrogen) atoms. The molecule has 3 rings (SSSR count). The Kier molecular flexibility index (Phi) is 2.70. The molecule has 5 heteroatoms. The van der Waals surface area contributed by atoms with Gasteiger partial charge in [0.2, 0.25) is 0 Å². The van der Waals surface area contributed by atoms with E-state index in [0.29, 0.717) is 5.56 Å². The Balaban J connectivity index is 0.000000963. The van der Waals surface area contributed by atoms with Crippen LogP contribution in [0.5, 0.6) is 0 Å². The molecule has 0 aromatic heterocycles. The third-order valence-corrected chi connectivity index (χ3v) is 2.68. The van der Waals surface area contributed by atoms with E-state index in [0.717, 1.165) is 17.7 Å². The maximum Gasteiger partial charge on any atom is 1.00 e. The van der Waals surface area contributed by atoms with Gasteiger partial charge in [0.15, 0.2) is 0 Å². The van der Waals surface area contributed by atoms with Crippen molar-refractivity contribution in [3.63, 3.8) is 0 Å². The number of halogens is 3. The van der Waals surface area contributed by atoms with Crippen LogP contribution in [0.25, 0.3) is 0 Å². The van der Waals surface area contributed by atoms with E-state index in [2.05, 4.69) is 6.08 Å². The predicted molar refractivity (Wildman–Crippen MR) is 45.8 cm³/mol. The van der Waals surface area contributed by atoms with Crippen molar-refractivity contribution in [1.82, 2.24) is 0 Å². The van der Waals surface area contributed by atoms with Crippen LogP contribution in [-0.4, -0.2) is 0 Å². The van der Waals surface area contributed by atoms with E-state index in [1.54, 1.807) is 6.08 Å². The molecule has 2 aliphatic rings. The maximum absolute atomic E-state index is 12.4. The second-order valence-electron chi connectivity index (χ2n) is 3.61. The minimum Gasteiger partial charge on any atom is -0.463 e. The molecular formula is C11H6F3LiO. The summed E-state index contributed by atoms with van der Waals surface area (Å²) in [7, 11) is 0. The number of hydrogen-bond acceptors (Lipinski definition) is 1. The van der Waals surface area contributed by atoms with E-state index in [9.17, 15) is 13.2 Å². The van der Waals surface area contributed by atoms with E-state index in [4.69, 9.17) is 4.74 Å². The molecule has 0 aliphatic carbocycles. The zero-order chi connectivity index (χ0) is 10.6. The normalized spacial score (nSPS) is 25.4. The van der Waals surface area contributed by atoms with Crippen molar-refractivity contribution in [3.8, 4) is 0 Å². The van der Waals surface area contributed by atoms with Gasteiger partial charge in [-0.2, -0.15) is 13.2 Å². The SMILES string of the molecule is FC(F)(F)c1ccc2c(c1)C1C=[C-]C2O1.[Li+]. The summed E-state index contributed by atoms with van der Waals surface area (Å²) in [5.41, 5.74) is 0.801. The summed E-state index contributed by atoms with van der Waals surface area (Å²) < 4.78 is 42.7. The van der Waals surface area contributed by atoms with Gasteiger partial charge in [-0.3, -0.25) is 0 Å². The summed E-state index contributed by atoms with van der Waals surface area (Å²) in [5, 5.41) is 0. The molecule has 2 unspecified atom stereocenters. The topological polar surface area (TPSA) is 9.23 Å². The maximum atomic E-state index is 12.4. The quantitative estimate of drug-likeness (QED) is 0.446. The molecule has 2 bridgehead atoms. The van der Waals surface area contributed by atoms with Crippen molar-refractivity contribution in [1.29, 1.82) is 0 Å². The summed E-state index contributed by atoms with van der Waals surface area (Å²) in [5.74, 6) is 0. The molecule has 1 aromatic carbocycles. The minimum absolute atomic E-state index is 0. The van der Waals surface area contributed by atoms with Crippen molar-refractivity contribution >= 4 is 0 Å². The number of rotatable bonds is 0. The van der Waals surface area contributed by atoms with E-state index in [-0.39, 0.29) is 31.1 Å². The Hall–Kier alpha value is -0.693. The van der Waals surface area contributed by atoms with Crippen LogP contribution in [0.4, 0.5) is 13.2 Å². The summed E-state index contributed by atoms with van der Waals surface area (Å²) in [4.78, 5) is 0. The molecule has 2 atom stereocenters. The van der Waals surface area contributed by atoms with Gasteiger partial charge in [0.1, 0.15) is 0 Å². The summed E-state index contributed by atoms with van der Waals surface area (Å²) in [6.07, 6.45) is -0.283. The van der Waals surface area contributed by atoms with Gasteiger partial charge in [-0.15, -0.1) is 0 Å². The largest absolute Gasteiger partial charge is 1.00 e. The summed E-state index contributed by atoms with van der Waals surface area (Å²) in [6, 6.07) is 3.73. The second-order valence-corrected chi connectivity index (χ2v) is 3.61. The molecule has 0 spiro atoms. The molecule has 1 aromatic rings. The molecule has 78 valence electrons. The Bertz CT molecular complexity index is 453. The first-order valence-electron chi connectivity index (χ1n) is 4.51. The molecule has 2 heterocycles. The first-order valence-corrected chi connectivity index (χ1v) is 4.51. The number of ether oxygens (including phenoxy) is 1. The molecule has 0 radical (unpaired) electrons. The van der Waals surface area contributed by atoms with Crippen molar-refractivity contribution in [2.24, 2.45) is 0 Å². The van der Waals surface area contributed by atoms with Gasteiger partial charge in [-0.05, 0) is 29.4 Å². The summed E-state index contributed by atoms with van der Waals surface area (Å²) in [6.45, 7) is 0. The first kappa shape index (κ1) is 11.8. The molecule has 1 nitrogen and oxygen atoms in total. The fourth-order valence-corrected chi connectivity index (χ4v) is 1.96. The van der Waals surface area contributed by atoms with E-state index >= 15 is 0 Å². The fourth-order valence-electron chi connectivity index (χ4n) is 1.96. The van der Waals surface area contributed by atoms with Gasteiger partial charge in [0.05, 0.1) is 11.7 Å². The third kappa shape index (κ3) is 1.62. The van der Waals surface area contributed by atoms with Crippen LogP contribution < -0.4 is 18.9 Å². The number of hydrogen-bond donors (Lipinski definition) is 0. The fraction of sp³-hybridized carbons (Fsp3) is 0.273. The minimum atomic E-state index is -4.29. The zero-order valence-electron chi connectivity index (χ0n) is 8.51. The van der Waals surface area contributed by atoms with Gasteiger partial charge in [0.25, 0.3) is 0 Å². The Morgan fingerprint density at radius 1 is 1.19 bits per heavy atom. The molecule has 0 amide bonds. The number of fused-ring (bicyclic) bond motifs is 5. The van der Waals surface area contributed by atoms with Crippen molar-refractivity contribution in [2.45, 2.75) is 18.4 Å². The van der Waals surface area contributed by atoms with Crippen LogP contribution in [0.15, 0.2) is 24.3 Å². The van der Waals surface area contributed by atoms with Gasteiger partial charge in [0, 0.05) is 0 Å². The van der Waals surface area contributed by atoms with Crippen molar-refractivity contribution in [3.05, 3.63) is 47.0 Å². The number of alkyl halides is 3. The van der Waals surface area contributed by atoms with Gasteiger partial charge < -0.3 is 10.8 Å². The molecule has 0 saturated carbocycles. The van der Waals surface area contributed by atoms with Crippen molar-refractivity contribution < 1.29 is 36.8 Å². The molecule has 0 fully saturated rings. The zero-order valence-corrected chi connectivity index (χ0v) is 8.51. The van der Waals surface area contributed by atoms with Crippen LogP contribution in [-0.2, 0) is 10.9 Å². The Morgan fingerprint density at radius 3 is 2.62 bits per heavy atom. The standard InChI is InChI=1S/C11H6F3O.Li/c12-11(13,14)6-1-2-7-8(5-6)10-4-3-9(7)15-10;/h1-2,4-5,9-10H;/q-1;+1. The molecule has 0 saturated heterocycles. The summed E-state index contributed by atoms with van der Waals surface area (Å²) >= 11 is 0. The Morgan fingerprint density at radius 2 is 1.94 bits per heavy atom. The van der Waals surface area contributed by atoms with Crippen LogP contribution >= 0.6 is 0 Å². The van der Waals surface area contributed by atoms with Crippen LogP contribution in [0.3, 0.4) is 0 Å². The van der Waals surface area contributed by atoms with E-state index in [1.807, 2.05) is 0 Å². The van der Waals surface area contributed by atoms with E-state index < -0.39 is 11.7 Å². The van der Waals surface area contributed by atoms with E-state index in [1.165, 1.54) is 6.07 Å². The molecule has 0 N–H and O–H groups in total. The monoisotopic (exact) mass is 218 g/mol. The second kappa shape index (κ2) is 3.66. The smallest absolute Gasteiger partial charge is 0.463 e. The Labute approximate surface area is 102 Å². The van der Waals surface area contributed by atoms with Crippen molar-refractivity contribution in [2.75, 3.05) is 0 Å². The van der Waals surface area contributed by atoms with Crippen LogP contribution in [0.2, 0.25) is 0 Å². The van der Waals surface area contributed by atoms with Gasteiger partial charge in [-0.25, -0.2) is 6.08 Å². The average Bonchev–Trinajstić information content (AvgIpc) is 2.76.